The van der Waals surface area contributed by atoms with E-state index in [-0.39, 0.29) is 37.5 Å². The number of esters is 3. The Morgan fingerprint density at radius 1 is 0.328 bits per heavy atom. The number of rotatable bonds is 46. The lowest BCUT2D eigenvalue weighted by Gasteiger charge is -2.18. The molecule has 0 rings (SSSR count). The van der Waals surface area contributed by atoms with Crippen LogP contribution in [0.2, 0.25) is 0 Å². The lowest BCUT2D eigenvalue weighted by molar-refractivity contribution is -0.167. The minimum Gasteiger partial charge on any atom is -0.462 e. The fourth-order valence-electron chi connectivity index (χ4n) is 6.90. The minimum atomic E-state index is -0.808. The Morgan fingerprint density at radius 2 is 0.625 bits per heavy atom. The quantitative estimate of drug-likeness (QED) is 0.0262. The van der Waals surface area contributed by atoms with E-state index in [1.165, 1.54) is 83.5 Å². The molecule has 0 heterocycles. The van der Waals surface area contributed by atoms with Gasteiger partial charge in [0.1, 0.15) is 13.2 Å². The Kier molecular flexibility index (Phi) is 49.0. The summed E-state index contributed by atoms with van der Waals surface area (Å²) in [5.41, 5.74) is 0. The van der Waals surface area contributed by atoms with Crippen molar-refractivity contribution in [2.24, 2.45) is 0 Å². The van der Waals surface area contributed by atoms with Gasteiger partial charge >= 0.3 is 17.9 Å². The molecule has 6 heteroatoms. The fraction of sp³-hybridized carbons (Fsp3) is 0.672. The maximum Gasteiger partial charge on any atom is 0.306 e. The van der Waals surface area contributed by atoms with Crippen molar-refractivity contribution in [1.82, 2.24) is 0 Å². The first-order valence-electron chi connectivity index (χ1n) is 26.2. The van der Waals surface area contributed by atoms with Gasteiger partial charge in [0.25, 0.3) is 0 Å². The van der Waals surface area contributed by atoms with Crippen molar-refractivity contribution in [3.63, 3.8) is 0 Å². The molecule has 0 amide bonds. The van der Waals surface area contributed by atoms with E-state index < -0.39 is 6.10 Å². The molecule has 0 unspecified atom stereocenters. The highest BCUT2D eigenvalue weighted by Crippen LogP contribution is 2.14. The molecular formula is C58H96O6. The molecule has 64 heavy (non-hydrogen) atoms. The van der Waals surface area contributed by atoms with E-state index in [1.54, 1.807) is 0 Å². The number of carbonyl (C=O) groups is 3. The average Bonchev–Trinajstić information content (AvgIpc) is 3.29. The normalized spacial score (nSPS) is 12.9. The summed E-state index contributed by atoms with van der Waals surface area (Å²) in [5.74, 6) is -0.987. The summed E-state index contributed by atoms with van der Waals surface area (Å²) in [4.78, 5) is 38.0. The van der Waals surface area contributed by atoms with E-state index in [9.17, 15) is 14.4 Å². The van der Waals surface area contributed by atoms with E-state index in [0.29, 0.717) is 19.3 Å². The van der Waals surface area contributed by atoms with Crippen LogP contribution in [0.5, 0.6) is 0 Å². The highest BCUT2D eigenvalue weighted by molar-refractivity contribution is 5.71. The average molecular weight is 889 g/mol. The number of hydrogen-bond acceptors (Lipinski definition) is 6. The molecule has 0 saturated heterocycles. The molecule has 0 aromatic heterocycles. The second-order valence-electron chi connectivity index (χ2n) is 17.1. The zero-order chi connectivity index (χ0) is 46.5. The maximum absolute atomic E-state index is 12.8. The fourth-order valence-corrected chi connectivity index (χ4v) is 6.90. The van der Waals surface area contributed by atoms with Gasteiger partial charge in [0.15, 0.2) is 6.10 Å². The highest BCUT2D eigenvalue weighted by atomic mass is 16.6. The number of unbranched alkanes of at least 4 members (excludes halogenated alkanes) is 19. The van der Waals surface area contributed by atoms with Gasteiger partial charge in [-0.25, -0.2) is 0 Å². The van der Waals surface area contributed by atoms with Gasteiger partial charge in [-0.05, 0) is 96.3 Å². The predicted molar refractivity (Wildman–Crippen MR) is 274 cm³/mol. The lowest BCUT2D eigenvalue weighted by atomic mass is 10.0. The Hall–Kier alpha value is -3.67. The van der Waals surface area contributed by atoms with Gasteiger partial charge in [-0.2, -0.15) is 0 Å². The molecule has 364 valence electrons. The standard InChI is InChI=1S/C58H96O6/c1-4-7-10-13-16-19-22-25-27-29-31-33-36-38-41-44-47-50-56(59)62-53-55(64-58(61)52-49-46-43-40-35-24-21-18-15-12-9-6-3)54-63-57(60)51-48-45-42-39-37-34-32-30-28-26-23-20-17-14-11-8-5-2/h7,10,16-17,19-20,25-28,31-34,38,41,55H,4-6,8-9,11-15,18,21-24,29-30,35-37,39-40,42-54H2,1-3H3/b10-7-,19-16-,20-17-,27-25-,28-26-,33-31-,34-32-,41-38-/t55-/m1/s1. The van der Waals surface area contributed by atoms with Crippen LogP contribution in [-0.4, -0.2) is 37.2 Å². The van der Waals surface area contributed by atoms with Crippen molar-refractivity contribution in [3.05, 3.63) is 97.2 Å². The van der Waals surface area contributed by atoms with E-state index in [1.807, 2.05) is 0 Å². The molecule has 0 aliphatic heterocycles. The van der Waals surface area contributed by atoms with Gasteiger partial charge in [-0.3, -0.25) is 14.4 Å². The van der Waals surface area contributed by atoms with Crippen LogP contribution in [0.3, 0.4) is 0 Å². The van der Waals surface area contributed by atoms with Crippen molar-refractivity contribution < 1.29 is 28.6 Å². The third-order valence-corrected chi connectivity index (χ3v) is 10.8. The Bertz CT molecular complexity index is 1300. The van der Waals surface area contributed by atoms with E-state index in [0.717, 1.165) is 103 Å². The van der Waals surface area contributed by atoms with Gasteiger partial charge in [0, 0.05) is 19.3 Å². The van der Waals surface area contributed by atoms with Crippen LogP contribution in [0, 0.1) is 0 Å². The zero-order valence-corrected chi connectivity index (χ0v) is 41.5. The summed E-state index contributed by atoms with van der Waals surface area (Å²) in [6.45, 7) is 6.42. The van der Waals surface area contributed by atoms with Crippen molar-refractivity contribution in [2.45, 2.75) is 239 Å². The molecule has 0 bridgehead atoms. The number of hydrogen-bond donors (Lipinski definition) is 0. The van der Waals surface area contributed by atoms with Crippen LogP contribution in [0.4, 0.5) is 0 Å². The predicted octanol–water partition coefficient (Wildman–Crippen LogP) is 17.4. The van der Waals surface area contributed by atoms with Gasteiger partial charge in [-0.1, -0.05) is 214 Å². The second-order valence-corrected chi connectivity index (χ2v) is 17.1. The Labute approximate surface area is 394 Å². The number of carbonyl (C=O) groups excluding carboxylic acids is 3. The van der Waals surface area contributed by atoms with Crippen LogP contribution in [0.1, 0.15) is 233 Å². The molecule has 0 aromatic carbocycles. The van der Waals surface area contributed by atoms with Gasteiger partial charge in [0.05, 0.1) is 0 Å². The molecular weight excluding hydrogens is 793 g/mol. The maximum atomic E-state index is 12.8. The molecule has 1 atom stereocenters. The van der Waals surface area contributed by atoms with Gasteiger partial charge < -0.3 is 14.2 Å². The summed E-state index contributed by atoms with van der Waals surface area (Å²) >= 11 is 0. The van der Waals surface area contributed by atoms with E-state index in [2.05, 4.69) is 118 Å². The largest absolute Gasteiger partial charge is 0.462 e. The minimum absolute atomic E-state index is 0.106. The molecule has 0 N–H and O–H groups in total. The first kappa shape index (κ1) is 60.3. The van der Waals surface area contributed by atoms with E-state index >= 15 is 0 Å². The van der Waals surface area contributed by atoms with Crippen LogP contribution in [0.15, 0.2) is 97.2 Å². The molecule has 0 aliphatic carbocycles. The summed E-state index contributed by atoms with van der Waals surface area (Å²) in [6, 6.07) is 0. The summed E-state index contributed by atoms with van der Waals surface area (Å²) in [5, 5.41) is 0. The van der Waals surface area contributed by atoms with Crippen molar-refractivity contribution in [1.29, 1.82) is 0 Å². The van der Waals surface area contributed by atoms with Crippen molar-refractivity contribution >= 4 is 17.9 Å². The summed E-state index contributed by atoms with van der Waals surface area (Å²) in [6.07, 6.45) is 68.2. The molecule has 0 fully saturated rings. The Morgan fingerprint density at radius 3 is 1.05 bits per heavy atom. The molecule has 6 nitrogen and oxygen atoms in total. The van der Waals surface area contributed by atoms with Crippen molar-refractivity contribution in [3.8, 4) is 0 Å². The topological polar surface area (TPSA) is 78.9 Å². The number of allylic oxidation sites excluding steroid dienone is 16. The first-order valence-corrected chi connectivity index (χ1v) is 26.2. The zero-order valence-electron chi connectivity index (χ0n) is 41.5. The molecule has 0 aliphatic rings. The Balaban J connectivity index is 4.50. The highest BCUT2D eigenvalue weighted by Gasteiger charge is 2.19. The third kappa shape index (κ3) is 49.3. The van der Waals surface area contributed by atoms with E-state index in [4.69, 9.17) is 14.2 Å². The van der Waals surface area contributed by atoms with Gasteiger partial charge in [-0.15, -0.1) is 0 Å². The smallest absolute Gasteiger partial charge is 0.306 e. The summed E-state index contributed by atoms with van der Waals surface area (Å²) in [7, 11) is 0. The monoisotopic (exact) mass is 889 g/mol. The number of ether oxygens (including phenoxy) is 3. The van der Waals surface area contributed by atoms with Crippen LogP contribution in [-0.2, 0) is 28.6 Å². The lowest BCUT2D eigenvalue weighted by Crippen LogP contribution is -2.30. The molecule has 0 spiro atoms. The van der Waals surface area contributed by atoms with Gasteiger partial charge in [0.2, 0.25) is 0 Å². The molecule has 0 saturated carbocycles. The van der Waals surface area contributed by atoms with Crippen LogP contribution < -0.4 is 0 Å². The molecule has 0 radical (unpaired) electrons. The molecule has 0 aromatic rings. The van der Waals surface area contributed by atoms with Crippen LogP contribution >= 0.6 is 0 Å². The third-order valence-electron chi connectivity index (χ3n) is 10.8. The first-order chi connectivity index (χ1) is 31.5. The summed E-state index contributed by atoms with van der Waals surface area (Å²) < 4.78 is 16.7. The SMILES string of the molecule is CC/C=C\C/C=C\C/C=C\C/C=C\C/C=C\CCCC(=O)OC[C@H](COC(=O)CCCCCC/C=C\C/C=C\C/C=C\CCCCC)OC(=O)CCCCCCCCCCCCCC. The van der Waals surface area contributed by atoms with Crippen LogP contribution in [0.25, 0.3) is 0 Å². The second kappa shape index (κ2) is 52.0. The van der Waals surface area contributed by atoms with Crippen molar-refractivity contribution in [2.75, 3.05) is 13.2 Å².